The number of aryl methyl sites for hydroxylation is 1. The number of carbonyl (C=O) groups is 2. The molecule has 1 saturated carbocycles. The van der Waals surface area contributed by atoms with Gasteiger partial charge in [-0.05, 0) is 100 Å². The number of hydrogen-bond donors (Lipinski definition) is 4. The van der Waals surface area contributed by atoms with Crippen LogP contribution in [0.25, 0.3) is 11.1 Å². The van der Waals surface area contributed by atoms with Gasteiger partial charge >= 0.3 is 6.09 Å². The number of benzene rings is 2. The fourth-order valence-electron chi connectivity index (χ4n) is 6.96. The summed E-state index contributed by atoms with van der Waals surface area (Å²) >= 11 is 0. The van der Waals surface area contributed by atoms with Crippen molar-refractivity contribution in [2.24, 2.45) is 17.8 Å². The molecule has 0 spiro atoms. The minimum Gasteiger partial charge on any atom is -0.465 e. The Morgan fingerprint density at radius 2 is 1.85 bits per heavy atom. The number of piperidine rings is 1. The summed E-state index contributed by atoms with van der Waals surface area (Å²) in [6, 6.07) is 12.6. The maximum absolute atomic E-state index is 15.6. The fraction of sp³-hybridized carbons (Fsp3) is 0.576. The van der Waals surface area contributed by atoms with E-state index in [1.54, 1.807) is 12.1 Å². The van der Waals surface area contributed by atoms with Crippen molar-refractivity contribution in [1.82, 2.24) is 15.5 Å². The second kappa shape index (κ2) is 14.3. The Hall–Kier alpha value is -2.97. The van der Waals surface area contributed by atoms with E-state index in [1.807, 2.05) is 43.1 Å². The number of aliphatic hydroxyl groups is 1. The molecule has 1 heterocycles. The van der Waals surface area contributed by atoms with E-state index < -0.39 is 17.5 Å². The molecule has 41 heavy (non-hydrogen) atoms. The number of nitrogens with one attached hydrogen (secondary N) is 2. The summed E-state index contributed by atoms with van der Waals surface area (Å²) in [5.74, 6) is 0.0830. The van der Waals surface area contributed by atoms with Crippen LogP contribution >= 0.6 is 0 Å². The molecule has 2 fully saturated rings. The van der Waals surface area contributed by atoms with Crippen LogP contribution in [0.5, 0.6) is 0 Å². The molecule has 2 aromatic carbocycles. The zero-order chi connectivity index (χ0) is 29.4. The van der Waals surface area contributed by atoms with Crippen molar-refractivity contribution >= 4 is 12.0 Å². The van der Waals surface area contributed by atoms with Crippen LogP contribution in [0, 0.1) is 23.6 Å². The predicted octanol–water partition coefficient (Wildman–Crippen LogP) is 5.55. The van der Waals surface area contributed by atoms with Crippen molar-refractivity contribution < 1.29 is 24.2 Å². The topological polar surface area (TPSA) is 102 Å². The zero-order valence-corrected chi connectivity index (χ0v) is 24.5. The van der Waals surface area contributed by atoms with E-state index in [0.29, 0.717) is 48.5 Å². The highest BCUT2D eigenvalue weighted by molar-refractivity contribution is 5.79. The monoisotopic (exact) mass is 567 g/mol. The average Bonchev–Trinajstić information content (AvgIpc) is 2.99. The van der Waals surface area contributed by atoms with Crippen LogP contribution in [-0.2, 0) is 16.8 Å². The summed E-state index contributed by atoms with van der Waals surface area (Å²) in [7, 11) is 1.97. The molecule has 1 saturated heterocycles. The minimum atomic E-state index is -1.44. The highest BCUT2D eigenvalue weighted by Gasteiger charge is 2.44. The van der Waals surface area contributed by atoms with Gasteiger partial charge < -0.3 is 25.7 Å². The number of likely N-dealkylation sites (tertiary alicyclic amines) is 1. The Bertz CT molecular complexity index is 1180. The van der Waals surface area contributed by atoms with Gasteiger partial charge in [0.25, 0.3) is 0 Å². The van der Waals surface area contributed by atoms with E-state index in [1.165, 1.54) is 6.07 Å². The third kappa shape index (κ3) is 7.46. The Morgan fingerprint density at radius 1 is 1.10 bits per heavy atom. The van der Waals surface area contributed by atoms with E-state index in [0.717, 1.165) is 50.6 Å². The van der Waals surface area contributed by atoms with Crippen LogP contribution < -0.4 is 10.6 Å². The third-order valence-corrected chi connectivity index (χ3v) is 9.21. The summed E-state index contributed by atoms with van der Waals surface area (Å²) < 4.78 is 15.6. The van der Waals surface area contributed by atoms with Gasteiger partial charge in [0.2, 0.25) is 5.91 Å². The molecule has 4 rings (SSSR count). The highest BCUT2D eigenvalue weighted by Crippen LogP contribution is 2.45. The van der Waals surface area contributed by atoms with Gasteiger partial charge in [0.1, 0.15) is 5.82 Å². The van der Waals surface area contributed by atoms with Gasteiger partial charge in [-0.25, -0.2) is 9.18 Å². The molecule has 2 aliphatic rings. The molecule has 1 aliphatic heterocycles. The normalized spacial score (nSPS) is 22.6. The number of halogens is 1. The molecule has 8 heteroatoms. The lowest BCUT2D eigenvalue weighted by molar-refractivity contribution is -0.142. The first-order chi connectivity index (χ1) is 19.8. The number of nitrogens with zero attached hydrogens (tertiary/aromatic N) is 1. The van der Waals surface area contributed by atoms with Crippen LogP contribution in [-0.4, -0.2) is 60.3 Å². The second-order valence-corrected chi connectivity index (χ2v) is 11.9. The number of carbonyl (C=O) groups excluding carboxylic acids is 1. The fourth-order valence-corrected chi connectivity index (χ4v) is 6.96. The zero-order valence-electron chi connectivity index (χ0n) is 24.5. The van der Waals surface area contributed by atoms with Gasteiger partial charge in [0, 0.05) is 37.0 Å². The molecule has 224 valence electrons. The molecule has 2 aromatic rings. The van der Waals surface area contributed by atoms with Crippen molar-refractivity contribution in [3.05, 3.63) is 59.4 Å². The Kier molecular flexibility index (Phi) is 10.8. The van der Waals surface area contributed by atoms with Crippen molar-refractivity contribution in [2.75, 3.05) is 33.2 Å². The van der Waals surface area contributed by atoms with E-state index >= 15 is 4.39 Å². The lowest BCUT2D eigenvalue weighted by atomic mass is 9.71. The molecule has 2 atom stereocenters. The van der Waals surface area contributed by atoms with Crippen molar-refractivity contribution in [3.8, 4) is 11.1 Å². The largest absolute Gasteiger partial charge is 0.465 e. The lowest BCUT2D eigenvalue weighted by Gasteiger charge is -2.44. The smallest absolute Gasteiger partial charge is 0.404 e. The van der Waals surface area contributed by atoms with Gasteiger partial charge in [-0.3, -0.25) is 4.79 Å². The van der Waals surface area contributed by atoms with Gasteiger partial charge in [0.15, 0.2) is 0 Å². The van der Waals surface area contributed by atoms with Gasteiger partial charge in [-0.2, -0.15) is 0 Å². The number of hydrogen-bond acceptors (Lipinski definition) is 4. The summed E-state index contributed by atoms with van der Waals surface area (Å²) in [5, 5.41) is 27.3. The van der Waals surface area contributed by atoms with Gasteiger partial charge in [-0.1, -0.05) is 43.3 Å². The van der Waals surface area contributed by atoms with E-state index in [-0.39, 0.29) is 30.7 Å². The van der Waals surface area contributed by atoms with E-state index in [9.17, 15) is 14.7 Å². The molecular weight excluding hydrogens is 521 g/mol. The van der Waals surface area contributed by atoms with Crippen molar-refractivity contribution in [2.45, 2.75) is 70.3 Å². The molecule has 7 nitrogen and oxygen atoms in total. The van der Waals surface area contributed by atoms with Crippen molar-refractivity contribution in [3.63, 3.8) is 0 Å². The van der Waals surface area contributed by atoms with Crippen molar-refractivity contribution in [1.29, 1.82) is 0 Å². The van der Waals surface area contributed by atoms with Gasteiger partial charge in [0.05, 0.1) is 5.60 Å². The first kappa shape index (κ1) is 31.0. The summed E-state index contributed by atoms with van der Waals surface area (Å²) in [4.78, 5) is 26.7. The maximum atomic E-state index is 15.6. The first-order valence-electron chi connectivity index (χ1n) is 15.3. The first-order valence-corrected chi connectivity index (χ1v) is 15.3. The molecule has 2 amide bonds. The molecule has 1 aliphatic carbocycles. The van der Waals surface area contributed by atoms with Crippen LogP contribution in [0.3, 0.4) is 0 Å². The quantitative estimate of drug-likeness (QED) is 0.267. The Morgan fingerprint density at radius 3 is 2.56 bits per heavy atom. The van der Waals surface area contributed by atoms with Gasteiger partial charge in [-0.15, -0.1) is 0 Å². The number of amides is 2. The molecule has 0 bridgehead atoms. The molecule has 0 unspecified atom stereocenters. The summed E-state index contributed by atoms with van der Waals surface area (Å²) in [6.07, 6.45) is 5.64. The molecule has 0 radical (unpaired) electrons. The summed E-state index contributed by atoms with van der Waals surface area (Å²) in [6.45, 7) is 4.28. The Labute approximate surface area is 243 Å². The third-order valence-electron chi connectivity index (χ3n) is 9.21. The second-order valence-electron chi connectivity index (χ2n) is 11.9. The van der Waals surface area contributed by atoms with Crippen LogP contribution in [0.4, 0.5) is 9.18 Å². The van der Waals surface area contributed by atoms with Crippen LogP contribution in [0.1, 0.15) is 69.4 Å². The SMILES string of the molecule is CCc1cccc(-c2c(F)cccc2[C@](O)(CCCNC(=O)O)[C@@H]2CCCN(C(=O)[C@H]3CC[C@H](CNC)CC3)C2)c1. The predicted molar refractivity (Wildman–Crippen MR) is 159 cm³/mol. The van der Waals surface area contributed by atoms with E-state index in [4.69, 9.17) is 5.11 Å². The molecule has 0 aromatic heterocycles. The molecule has 4 N–H and O–H groups in total. The lowest BCUT2D eigenvalue weighted by Crippen LogP contribution is -2.50. The van der Waals surface area contributed by atoms with E-state index in [2.05, 4.69) is 10.6 Å². The number of rotatable bonds is 11. The molecular formula is C33H46FN3O4. The number of carboxylic acid groups (broad SMARTS) is 1. The van der Waals surface area contributed by atoms with Crippen LogP contribution in [0.15, 0.2) is 42.5 Å². The Balaban J connectivity index is 1.63. The van der Waals surface area contributed by atoms with Crippen LogP contribution in [0.2, 0.25) is 0 Å². The minimum absolute atomic E-state index is 0.0104. The maximum Gasteiger partial charge on any atom is 0.404 e. The average molecular weight is 568 g/mol. The highest BCUT2D eigenvalue weighted by atomic mass is 19.1. The standard InChI is InChI=1S/C33H46FN3O4/c1-3-23-8-4-9-26(20-23)30-28(11-5-12-29(30)34)33(41,17-7-18-36-32(39)40)27-10-6-19-37(22-27)31(38)25-15-13-24(14-16-25)21-35-2/h4-5,8-9,11-12,20,24-25,27,35-36,41H,3,6-7,10,13-19,21-22H2,1-2H3,(H,39,40)/t24-,25-,27-,33+/m1/s1. The summed E-state index contributed by atoms with van der Waals surface area (Å²) in [5.41, 5.74) is 1.23.